The van der Waals surface area contributed by atoms with Crippen LogP contribution in [0, 0.1) is 6.92 Å². The van der Waals surface area contributed by atoms with Gasteiger partial charge in [0.05, 0.1) is 11.9 Å². The van der Waals surface area contributed by atoms with Crippen LogP contribution in [-0.2, 0) is 9.59 Å². The molecular formula is C9H11N3O2. The zero-order chi connectivity index (χ0) is 10.7. The zero-order valence-electron chi connectivity index (χ0n) is 8.00. The molecule has 0 saturated carbocycles. The molecule has 1 aromatic rings. The summed E-state index contributed by atoms with van der Waals surface area (Å²) in [5, 5.41) is 2.40. The van der Waals surface area contributed by atoms with Crippen molar-refractivity contribution >= 4 is 23.2 Å². The van der Waals surface area contributed by atoms with Gasteiger partial charge in [0.25, 0.3) is 5.91 Å². The number of nitrogen functional groups attached to an aromatic ring is 1. The Morgan fingerprint density at radius 2 is 2.14 bits per heavy atom. The van der Waals surface area contributed by atoms with Crippen molar-refractivity contribution in [2.45, 2.75) is 13.8 Å². The third-order valence-corrected chi connectivity index (χ3v) is 1.70. The predicted molar refractivity (Wildman–Crippen MR) is 52.7 cm³/mol. The lowest BCUT2D eigenvalue weighted by atomic mass is 10.2. The lowest BCUT2D eigenvalue weighted by Gasteiger charge is -2.04. The van der Waals surface area contributed by atoms with Crippen molar-refractivity contribution in [1.29, 1.82) is 0 Å². The third kappa shape index (κ3) is 2.29. The van der Waals surface area contributed by atoms with Crippen LogP contribution in [0.15, 0.2) is 12.3 Å². The highest BCUT2D eigenvalue weighted by atomic mass is 16.2. The van der Waals surface area contributed by atoms with Gasteiger partial charge >= 0.3 is 0 Å². The van der Waals surface area contributed by atoms with E-state index < -0.39 is 11.7 Å². The molecule has 1 amide bonds. The Morgan fingerprint density at radius 3 is 2.64 bits per heavy atom. The number of carbonyl (C=O) groups excluding carboxylic acids is 2. The van der Waals surface area contributed by atoms with Gasteiger partial charge in [0.2, 0.25) is 5.78 Å². The Bertz CT molecular complexity index is 388. The summed E-state index contributed by atoms with van der Waals surface area (Å²) in [6, 6.07) is 1.66. The van der Waals surface area contributed by atoms with Crippen LogP contribution in [-0.4, -0.2) is 16.7 Å². The average Bonchev–Trinajstić information content (AvgIpc) is 2.11. The number of hydrogen-bond acceptors (Lipinski definition) is 4. The van der Waals surface area contributed by atoms with Crippen LogP contribution in [0.5, 0.6) is 0 Å². The first kappa shape index (κ1) is 10.2. The van der Waals surface area contributed by atoms with Crippen LogP contribution < -0.4 is 11.1 Å². The number of amides is 1. The molecule has 1 heterocycles. The minimum Gasteiger partial charge on any atom is -0.383 e. The number of nitrogens with zero attached hydrogens (tertiary/aromatic N) is 1. The molecule has 0 aliphatic heterocycles. The molecule has 74 valence electrons. The van der Waals surface area contributed by atoms with E-state index in [1.807, 2.05) is 0 Å². The molecule has 0 unspecified atom stereocenters. The van der Waals surface area contributed by atoms with Crippen LogP contribution in [0.1, 0.15) is 12.5 Å². The van der Waals surface area contributed by atoms with Gasteiger partial charge < -0.3 is 11.1 Å². The maximum absolute atomic E-state index is 11.0. The predicted octanol–water partition coefficient (Wildman–Crippen LogP) is 0.500. The molecule has 0 fully saturated rings. The number of hydrogen-bond donors (Lipinski definition) is 2. The Kier molecular flexibility index (Phi) is 2.81. The summed E-state index contributed by atoms with van der Waals surface area (Å²) < 4.78 is 0. The fourth-order valence-electron chi connectivity index (χ4n) is 0.873. The van der Waals surface area contributed by atoms with Gasteiger partial charge in [0, 0.05) is 6.92 Å². The van der Waals surface area contributed by atoms with Gasteiger partial charge in [-0.05, 0) is 18.6 Å². The summed E-state index contributed by atoms with van der Waals surface area (Å²) in [7, 11) is 0. The Hall–Kier alpha value is -1.91. The van der Waals surface area contributed by atoms with Crippen LogP contribution in [0.2, 0.25) is 0 Å². The van der Waals surface area contributed by atoms with Crippen molar-refractivity contribution < 1.29 is 9.59 Å². The summed E-state index contributed by atoms with van der Waals surface area (Å²) in [4.78, 5) is 25.5. The maximum Gasteiger partial charge on any atom is 0.291 e. The van der Waals surface area contributed by atoms with Crippen molar-refractivity contribution in [2.75, 3.05) is 11.1 Å². The first-order chi connectivity index (χ1) is 6.50. The summed E-state index contributed by atoms with van der Waals surface area (Å²) in [5.74, 6) is -0.790. The highest BCUT2D eigenvalue weighted by molar-refractivity contribution is 6.39. The van der Waals surface area contributed by atoms with Gasteiger partial charge in [-0.2, -0.15) is 0 Å². The fraction of sp³-hybridized carbons (Fsp3) is 0.222. The van der Waals surface area contributed by atoms with E-state index in [9.17, 15) is 9.59 Å². The highest BCUT2D eigenvalue weighted by Gasteiger charge is 2.08. The molecular weight excluding hydrogens is 182 g/mol. The highest BCUT2D eigenvalue weighted by Crippen LogP contribution is 2.12. The minimum atomic E-state index is -0.657. The third-order valence-electron chi connectivity index (χ3n) is 1.70. The molecule has 0 saturated heterocycles. The molecule has 0 atom stereocenters. The number of rotatable bonds is 2. The number of anilines is 2. The summed E-state index contributed by atoms with van der Waals surface area (Å²) >= 11 is 0. The summed E-state index contributed by atoms with van der Waals surface area (Å²) in [6.07, 6.45) is 1.41. The lowest BCUT2D eigenvalue weighted by molar-refractivity contribution is -0.133. The van der Waals surface area contributed by atoms with E-state index in [0.717, 1.165) is 5.56 Å². The Morgan fingerprint density at radius 1 is 1.50 bits per heavy atom. The van der Waals surface area contributed by atoms with Crippen molar-refractivity contribution in [3.05, 3.63) is 17.8 Å². The first-order valence-electron chi connectivity index (χ1n) is 4.04. The van der Waals surface area contributed by atoms with Gasteiger partial charge in [-0.15, -0.1) is 0 Å². The number of Topliss-reactive ketones (excluding diaryl/α,β-unsaturated/α-hetero) is 1. The van der Waals surface area contributed by atoms with Crippen LogP contribution in [0.4, 0.5) is 11.5 Å². The molecule has 0 radical (unpaired) electrons. The van der Waals surface area contributed by atoms with Crippen LogP contribution in [0.25, 0.3) is 0 Å². The molecule has 0 aliphatic carbocycles. The fourth-order valence-corrected chi connectivity index (χ4v) is 0.873. The monoisotopic (exact) mass is 193 g/mol. The molecule has 14 heavy (non-hydrogen) atoms. The van der Waals surface area contributed by atoms with Gasteiger partial charge in [-0.3, -0.25) is 9.59 Å². The number of nitrogens with two attached hydrogens (primary N) is 1. The Balaban J connectivity index is 2.83. The van der Waals surface area contributed by atoms with E-state index >= 15 is 0 Å². The van der Waals surface area contributed by atoms with E-state index in [4.69, 9.17) is 5.73 Å². The van der Waals surface area contributed by atoms with Gasteiger partial charge in [0.15, 0.2) is 0 Å². The van der Waals surface area contributed by atoms with Crippen molar-refractivity contribution in [1.82, 2.24) is 4.98 Å². The van der Waals surface area contributed by atoms with Crippen LogP contribution in [0.3, 0.4) is 0 Å². The smallest absolute Gasteiger partial charge is 0.291 e. The summed E-state index contributed by atoms with van der Waals surface area (Å²) in [6.45, 7) is 2.97. The largest absolute Gasteiger partial charge is 0.383 e. The zero-order valence-corrected chi connectivity index (χ0v) is 8.00. The number of nitrogens with one attached hydrogen (secondary N) is 1. The van der Waals surface area contributed by atoms with E-state index in [2.05, 4.69) is 10.3 Å². The number of aromatic nitrogens is 1. The van der Waals surface area contributed by atoms with Gasteiger partial charge in [0.1, 0.15) is 5.82 Å². The molecule has 5 heteroatoms. The molecule has 0 bridgehead atoms. The number of ketones is 1. The van der Waals surface area contributed by atoms with Crippen molar-refractivity contribution in [3.8, 4) is 0 Å². The normalized spacial score (nSPS) is 9.57. The topological polar surface area (TPSA) is 85.1 Å². The quantitative estimate of drug-likeness (QED) is 0.670. The van der Waals surface area contributed by atoms with E-state index in [1.54, 1.807) is 13.0 Å². The molecule has 0 spiro atoms. The second-order valence-corrected chi connectivity index (χ2v) is 2.94. The van der Waals surface area contributed by atoms with Crippen molar-refractivity contribution in [2.24, 2.45) is 0 Å². The van der Waals surface area contributed by atoms with Gasteiger partial charge in [-0.1, -0.05) is 0 Å². The number of pyridine rings is 1. The first-order valence-corrected chi connectivity index (χ1v) is 4.04. The Labute approximate surface area is 81.3 Å². The van der Waals surface area contributed by atoms with Gasteiger partial charge in [-0.25, -0.2) is 4.98 Å². The molecule has 3 N–H and O–H groups in total. The molecule has 1 rings (SSSR count). The van der Waals surface area contributed by atoms with Crippen LogP contribution >= 0.6 is 0 Å². The average molecular weight is 193 g/mol. The lowest BCUT2D eigenvalue weighted by Crippen LogP contribution is -2.19. The maximum atomic E-state index is 11.0. The SMILES string of the molecule is CC(=O)C(=O)Nc1cnc(N)c(C)c1. The minimum absolute atomic E-state index is 0.408. The second-order valence-electron chi connectivity index (χ2n) is 2.94. The molecule has 5 nitrogen and oxygen atoms in total. The van der Waals surface area contributed by atoms with E-state index in [0.29, 0.717) is 11.5 Å². The van der Waals surface area contributed by atoms with E-state index in [-0.39, 0.29) is 0 Å². The molecule has 0 aliphatic rings. The second kappa shape index (κ2) is 3.87. The summed E-state index contributed by atoms with van der Waals surface area (Å²) in [5.41, 5.74) is 6.71. The van der Waals surface area contributed by atoms with Crippen molar-refractivity contribution in [3.63, 3.8) is 0 Å². The van der Waals surface area contributed by atoms with E-state index in [1.165, 1.54) is 13.1 Å². The standard InChI is InChI=1S/C9H11N3O2/c1-5-3-7(4-11-8(5)10)12-9(14)6(2)13/h3-4H,1-2H3,(H2,10,11)(H,12,14). The number of aryl methyl sites for hydroxylation is 1. The molecule has 0 aromatic carbocycles. The molecule has 1 aromatic heterocycles. The number of carbonyl (C=O) groups is 2.